The average Bonchev–Trinajstić information content (AvgIpc) is 2.78. The zero-order valence-electron chi connectivity index (χ0n) is 18.7. The lowest BCUT2D eigenvalue weighted by Gasteiger charge is -2.36. The van der Waals surface area contributed by atoms with E-state index >= 15 is 0 Å². The number of methoxy groups -OCH3 is 1. The van der Waals surface area contributed by atoms with Gasteiger partial charge in [-0.3, -0.25) is 9.59 Å². The molecule has 0 saturated carbocycles. The normalized spacial score (nSPS) is 14.0. The molecule has 1 aliphatic rings. The van der Waals surface area contributed by atoms with E-state index in [1.165, 1.54) is 6.92 Å². The van der Waals surface area contributed by atoms with E-state index in [0.29, 0.717) is 38.6 Å². The second kappa shape index (κ2) is 10.2. The lowest BCUT2D eigenvalue weighted by Crippen LogP contribution is -2.52. The van der Waals surface area contributed by atoms with Crippen molar-refractivity contribution in [2.24, 2.45) is 5.92 Å². The Morgan fingerprint density at radius 2 is 1.84 bits per heavy atom. The fraction of sp³-hybridized carbons (Fsp3) is 0.478. The van der Waals surface area contributed by atoms with Gasteiger partial charge < -0.3 is 19.4 Å². The summed E-state index contributed by atoms with van der Waals surface area (Å²) in [5.74, 6) is 1.83. The number of hydrogen-bond donors (Lipinski definition) is 0. The molecule has 8 heteroatoms. The minimum absolute atomic E-state index is 0.00467. The molecule has 1 saturated heterocycles. The Morgan fingerprint density at radius 3 is 2.42 bits per heavy atom. The summed E-state index contributed by atoms with van der Waals surface area (Å²) in [5, 5.41) is 8.76. The molecule has 0 aliphatic carbocycles. The summed E-state index contributed by atoms with van der Waals surface area (Å²) in [4.78, 5) is 30.1. The molecule has 166 valence electrons. The van der Waals surface area contributed by atoms with Crippen molar-refractivity contribution in [2.45, 2.75) is 20.8 Å². The van der Waals surface area contributed by atoms with Crippen LogP contribution in [0.5, 0.6) is 5.75 Å². The summed E-state index contributed by atoms with van der Waals surface area (Å²) in [6.45, 7) is 8.91. The highest BCUT2D eigenvalue weighted by Gasteiger charge is 2.24. The molecule has 0 spiro atoms. The molecule has 1 fully saturated rings. The molecular formula is C23H31N5O3. The maximum Gasteiger partial charge on any atom is 0.242 e. The van der Waals surface area contributed by atoms with Crippen molar-refractivity contribution in [1.82, 2.24) is 20.0 Å². The minimum Gasteiger partial charge on any atom is -0.497 e. The Bertz CT molecular complexity index is 892. The Kier molecular flexibility index (Phi) is 7.44. The van der Waals surface area contributed by atoms with Crippen LogP contribution >= 0.6 is 0 Å². The van der Waals surface area contributed by atoms with E-state index in [9.17, 15) is 9.59 Å². The smallest absolute Gasteiger partial charge is 0.242 e. The summed E-state index contributed by atoms with van der Waals surface area (Å²) in [6.07, 6.45) is 0. The van der Waals surface area contributed by atoms with Crippen molar-refractivity contribution >= 4 is 17.6 Å². The molecule has 1 aliphatic heterocycles. The lowest BCUT2D eigenvalue weighted by atomic mass is 10.1. The Balaban J connectivity index is 1.56. The van der Waals surface area contributed by atoms with Gasteiger partial charge in [-0.2, -0.15) is 0 Å². The van der Waals surface area contributed by atoms with Crippen LogP contribution in [0.3, 0.4) is 0 Å². The highest BCUT2D eigenvalue weighted by Crippen LogP contribution is 2.23. The summed E-state index contributed by atoms with van der Waals surface area (Å²) in [6, 6.07) is 11.6. The number of aromatic nitrogens is 2. The van der Waals surface area contributed by atoms with Gasteiger partial charge in [-0.25, -0.2) is 0 Å². The van der Waals surface area contributed by atoms with Crippen molar-refractivity contribution in [1.29, 1.82) is 0 Å². The molecule has 1 aromatic carbocycles. The number of anilines is 1. The number of hydrogen-bond acceptors (Lipinski definition) is 6. The zero-order chi connectivity index (χ0) is 22.4. The number of carbonyl (C=O) groups is 2. The van der Waals surface area contributed by atoms with Crippen molar-refractivity contribution < 1.29 is 14.3 Å². The van der Waals surface area contributed by atoms with Gasteiger partial charge in [0.25, 0.3) is 0 Å². The van der Waals surface area contributed by atoms with Crippen LogP contribution in [-0.2, 0) is 9.59 Å². The van der Waals surface area contributed by atoms with E-state index in [-0.39, 0.29) is 18.4 Å². The standard InChI is InChI=1S/C23H31N5O3/c1-17(2)15-28(18(3)29)16-23(30)27-12-10-26(11-13-27)22-9-8-21(24-25-22)19-6-5-7-20(14-19)31-4/h5-9,14,17H,10-13,15-16H2,1-4H3. The third-order valence-electron chi connectivity index (χ3n) is 5.33. The maximum atomic E-state index is 12.7. The predicted octanol–water partition coefficient (Wildman–Crippen LogP) is 2.31. The van der Waals surface area contributed by atoms with Crippen LogP contribution in [0.15, 0.2) is 36.4 Å². The van der Waals surface area contributed by atoms with Crippen LogP contribution in [-0.4, -0.2) is 78.2 Å². The molecular weight excluding hydrogens is 394 g/mol. The van der Waals surface area contributed by atoms with E-state index < -0.39 is 0 Å². The van der Waals surface area contributed by atoms with E-state index in [4.69, 9.17) is 4.74 Å². The van der Waals surface area contributed by atoms with E-state index in [0.717, 1.165) is 22.8 Å². The van der Waals surface area contributed by atoms with Gasteiger partial charge in [-0.1, -0.05) is 26.0 Å². The van der Waals surface area contributed by atoms with Gasteiger partial charge in [0.15, 0.2) is 5.82 Å². The fourth-order valence-electron chi connectivity index (χ4n) is 3.62. The number of rotatable bonds is 7. The third-order valence-corrected chi connectivity index (χ3v) is 5.33. The molecule has 2 aromatic rings. The van der Waals surface area contributed by atoms with Crippen LogP contribution < -0.4 is 9.64 Å². The number of carbonyl (C=O) groups excluding carboxylic acids is 2. The average molecular weight is 426 g/mol. The molecule has 0 radical (unpaired) electrons. The van der Waals surface area contributed by atoms with Gasteiger partial charge in [0, 0.05) is 45.2 Å². The van der Waals surface area contributed by atoms with Crippen molar-refractivity contribution in [3.63, 3.8) is 0 Å². The molecule has 8 nitrogen and oxygen atoms in total. The SMILES string of the molecule is COc1cccc(-c2ccc(N3CCN(C(=O)CN(CC(C)C)C(C)=O)CC3)nn2)c1. The largest absolute Gasteiger partial charge is 0.497 e. The van der Waals surface area contributed by atoms with Crippen LogP contribution in [0.4, 0.5) is 5.82 Å². The van der Waals surface area contributed by atoms with Gasteiger partial charge in [0.1, 0.15) is 5.75 Å². The molecule has 0 bridgehead atoms. The quantitative estimate of drug-likeness (QED) is 0.677. The Hall–Kier alpha value is -3.16. The Labute approximate surface area is 183 Å². The highest BCUT2D eigenvalue weighted by molar-refractivity contribution is 5.84. The van der Waals surface area contributed by atoms with Gasteiger partial charge in [0.2, 0.25) is 11.8 Å². The van der Waals surface area contributed by atoms with Crippen molar-refractivity contribution in [3.8, 4) is 17.0 Å². The summed E-state index contributed by atoms with van der Waals surface area (Å²) >= 11 is 0. The van der Waals surface area contributed by atoms with Gasteiger partial charge in [-0.05, 0) is 30.2 Å². The summed E-state index contributed by atoms with van der Waals surface area (Å²) < 4.78 is 5.27. The molecule has 1 aromatic heterocycles. The van der Waals surface area contributed by atoms with Crippen LogP contribution in [0.2, 0.25) is 0 Å². The molecule has 0 N–H and O–H groups in total. The molecule has 2 amide bonds. The molecule has 0 unspecified atom stereocenters. The maximum absolute atomic E-state index is 12.7. The highest BCUT2D eigenvalue weighted by atomic mass is 16.5. The number of benzene rings is 1. The van der Waals surface area contributed by atoms with E-state index in [1.807, 2.05) is 55.1 Å². The Morgan fingerprint density at radius 1 is 1.10 bits per heavy atom. The first-order valence-corrected chi connectivity index (χ1v) is 10.6. The number of amides is 2. The zero-order valence-corrected chi connectivity index (χ0v) is 18.7. The van der Waals surface area contributed by atoms with Gasteiger partial charge in [-0.15, -0.1) is 10.2 Å². The van der Waals surface area contributed by atoms with Gasteiger partial charge >= 0.3 is 0 Å². The molecule has 0 atom stereocenters. The van der Waals surface area contributed by atoms with E-state index in [2.05, 4.69) is 15.1 Å². The predicted molar refractivity (Wildman–Crippen MR) is 120 cm³/mol. The fourth-order valence-corrected chi connectivity index (χ4v) is 3.62. The topological polar surface area (TPSA) is 78.9 Å². The lowest BCUT2D eigenvalue weighted by molar-refractivity contribution is -0.140. The number of nitrogens with zero attached hydrogens (tertiary/aromatic N) is 5. The first-order valence-electron chi connectivity index (χ1n) is 10.6. The number of piperazine rings is 1. The van der Waals surface area contributed by atoms with Gasteiger partial charge in [0.05, 0.1) is 19.3 Å². The van der Waals surface area contributed by atoms with Crippen molar-refractivity contribution in [3.05, 3.63) is 36.4 Å². The summed E-state index contributed by atoms with van der Waals surface area (Å²) in [5.41, 5.74) is 1.73. The van der Waals surface area contributed by atoms with Crippen LogP contribution in [0.1, 0.15) is 20.8 Å². The second-order valence-corrected chi connectivity index (χ2v) is 8.17. The molecule has 3 rings (SSSR count). The number of ether oxygens (including phenoxy) is 1. The minimum atomic E-state index is -0.0629. The second-order valence-electron chi connectivity index (χ2n) is 8.17. The molecule has 31 heavy (non-hydrogen) atoms. The summed E-state index contributed by atoms with van der Waals surface area (Å²) in [7, 11) is 1.64. The first kappa shape index (κ1) is 22.5. The van der Waals surface area contributed by atoms with Crippen LogP contribution in [0, 0.1) is 5.92 Å². The first-order chi connectivity index (χ1) is 14.9. The van der Waals surface area contributed by atoms with E-state index in [1.54, 1.807) is 12.0 Å². The molecule has 2 heterocycles. The monoisotopic (exact) mass is 425 g/mol. The van der Waals surface area contributed by atoms with Crippen LogP contribution in [0.25, 0.3) is 11.3 Å². The third kappa shape index (κ3) is 5.93. The van der Waals surface area contributed by atoms with Crippen molar-refractivity contribution in [2.75, 3.05) is 51.3 Å².